The van der Waals surface area contributed by atoms with Crippen LogP contribution in [-0.2, 0) is 6.42 Å². The van der Waals surface area contributed by atoms with E-state index in [1.807, 2.05) is 30.5 Å². The van der Waals surface area contributed by atoms with Gasteiger partial charge < -0.3 is 14.7 Å². The molecule has 2 N–H and O–H groups in total. The van der Waals surface area contributed by atoms with E-state index < -0.39 is 0 Å². The van der Waals surface area contributed by atoms with E-state index in [9.17, 15) is 0 Å². The van der Waals surface area contributed by atoms with Crippen molar-refractivity contribution in [3.63, 3.8) is 0 Å². The van der Waals surface area contributed by atoms with Crippen LogP contribution in [0.25, 0.3) is 61.2 Å². The largest absolute Gasteiger partial charge is 0.456 e. The van der Waals surface area contributed by atoms with Crippen LogP contribution < -0.4 is 5.73 Å². The minimum Gasteiger partial charge on any atom is -0.456 e. The number of pyridine rings is 1. The highest BCUT2D eigenvalue weighted by molar-refractivity contribution is 6.27. The van der Waals surface area contributed by atoms with Gasteiger partial charge in [0.05, 0.1) is 16.7 Å². The van der Waals surface area contributed by atoms with Gasteiger partial charge >= 0.3 is 0 Å². The van der Waals surface area contributed by atoms with Crippen molar-refractivity contribution in [2.24, 2.45) is 5.73 Å². The first-order chi connectivity index (χ1) is 19.7. The molecule has 8 rings (SSSR count). The minimum absolute atomic E-state index is 0.730. The van der Waals surface area contributed by atoms with E-state index in [0.29, 0.717) is 0 Å². The fourth-order valence-electron chi connectivity index (χ4n) is 5.96. The Morgan fingerprint density at radius 3 is 2.48 bits per heavy atom. The second kappa shape index (κ2) is 8.85. The number of benzene rings is 4. The van der Waals surface area contributed by atoms with Gasteiger partial charge in [-0.15, -0.1) is 0 Å². The molecule has 3 aromatic heterocycles. The van der Waals surface area contributed by atoms with Gasteiger partial charge in [-0.25, -0.2) is 0 Å². The zero-order chi connectivity index (χ0) is 26.6. The van der Waals surface area contributed by atoms with E-state index in [1.54, 1.807) is 0 Å². The average Bonchev–Trinajstić information content (AvgIpc) is 3.55. The Bertz CT molecular complexity index is 2190. The minimum atomic E-state index is 0.730. The third-order valence-electron chi connectivity index (χ3n) is 7.89. The maximum atomic E-state index is 6.52. The number of fused-ring (bicyclic) bond motifs is 8. The van der Waals surface area contributed by atoms with Crippen molar-refractivity contribution in [1.29, 1.82) is 0 Å². The second-order valence-electron chi connectivity index (χ2n) is 10.2. The molecular weight excluding hydrogens is 490 g/mol. The normalized spacial score (nSPS) is 14.6. The first kappa shape index (κ1) is 22.6. The van der Waals surface area contributed by atoms with Gasteiger partial charge in [0, 0.05) is 45.5 Å². The maximum absolute atomic E-state index is 6.52. The zero-order valence-electron chi connectivity index (χ0n) is 21.7. The van der Waals surface area contributed by atoms with Gasteiger partial charge in [0.15, 0.2) is 0 Å². The van der Waals surface area contributed by atoms with E-state index >= 15 is 0 Å². The molecule has 3 heterocycles. The van der Waals surface area contributed by atoms with Crippen molar-refractivity contribution in [3.8, 4) is 5.69 Å². The van der Waals surface area contributed by atoms with E-state index in [1.165, 1.54) is 21.9 Å². The van der Waals surface area contributed by atoms with Crippen LogP contribution in [-0.4, -0.2) is 9.55 Å². The molecule has 0 radical (unpaired) electrons. The molecule has 1 aliphatic rings. The summed E-state index contributed by atoms with van der Waals surface area (Å²) < 4.78 is 8.54. The van der Waals surface area contributed by atoms with Gasteiger partial charge in [-0.3, -0.25) is 4.98 Å². The van der Waals surface area contributed by atoms with Crippen LogP contribution in [0.2, 0.25) is 0 Å². The average molecular weight is 516 g/mol. The molecule has 4 aromatic carbocycles. The monoisotopic (exact) mass is 515 g/mol. The van der Waals surface area contributed by atoms with E-state index in [4.69, 9.17) is 10.2 Å². The Labute approximate surface area is 231 Å². The van der Waals surface area contributed by atoms with Crippen molar-refractivity contribution >= 4 is 55.5 Å². The van der Waals surface area contributed by atoms with Gasteiger partial charge in [0.25, 0.3) is 0 Å². The summed E-state index contributed by atoms with van der Waals surface area (Å²) in [6.07, 6.45) is 11.0. The Hall–Kier alpha value is -5.35. The van der Waals surface area contributed by atoms with Crippen molar-refractivity contribution < 1.29 is 4.42 Å². The molecule has 7 aromatic rings. The predicted molar refractivity (Wildman–Crippen MR) is 165 cm³/mol. The summed E-state index contributed by atoms with van der Waals surface area (Å²) in [5, 5.41) is 4.72. The SMILES string of the molecule is N/C(=C\C=C1\C=Cc2cccnc2C1)c1ccc(-n2c3ccccc3c3c4c(ccc32)oc2ccccc24)cc1. The summed E-state index contributed by atoms with van der Waals surface area (Å²) in [4.78, 5) is 4.51. The number of para-hydroxylation sites is 2. The highest BCUT2D eigenvalue weighted by Gasteiger charge is 2.18. The molecule has 1 aliphatic carbocycles. The molecule has 0 atom stereocenters. The fourth-order valence-corrected chi connectivity index (χ4v) is 5.96. The Balaban J connectivity index is 1.21. The number of furan rings is 1. The number of aromatic nitrogens is 2. The van der Waals surface area contributed by atoms with Crippen LogP contribution in [0.5, 0.6) is 0 Å². The maximum Gasteiger partial charge on any atom is 0.136 e. The summed E-state index contributed by atoms with van der Waals surface area (Å²) >= 11 is 0. The lowest BCUT2D eigenvalue weighted by Gasteiger charge is -2.11. The van der Waals surface area contributed by atoms with Crippen LogP contribution in [0, 0.1) is 0 Å². The zero-order valence-corrected chi connectivity index (χ0v) is 21.7. The fraction of sp³-hybridized carbons (Fsp3) is 0.0278. The van der Waals surface area contributed by atoms with Crippen molar-refractivity contribution in [1.82, 2.24) is 9.55 Å². The van der Waals surface area contributed by atoms with E-state index in [-0.39, 0.29) is 0 Å². The molecule has 4 heteroatoms. The van der Waals surface area contributed by atoms with Gasteiger partial charge in [0.2, 0.25) is 0 Å². The Kier molecular flexibility index (Phi) is 5.01. The van der Waals surface area contributed by atoms with Crippen LogP contribution in [0.1, 0.15) is 16.8 Å². The topological polar surface area (TPSA) is 57.0 Å². The molecule has 0 saturated heterocycles. The highest BCUT2D eigenvalue weighted by atomic mass is 16.3. The quantitative estimate of drug-likeness (QED) is 0.256. The first-order valence-electron chi connectivity index (χ1n) is 13.5. The van der Waals surface area contributed by atoms with Crippen LogP contribution in [0.4, 0.5) is 0 Å². The second-order valence-corrected chi connectivity index (χ2v) is 10.2. The number of hydrogen-bond donors (Lipinski definition) is 1. The number of allylic oxidation sites excluding steroid dienone is 4. The lowest BCUT2D eigenvalue weighted by molar-refractivity contribution is 0.669. The van der Waals surface area contributed by atoms with Crippen molar-refractivity contribution in [3.05, 3.63) is 144 Å². The standard InChI is InChI=1S/C36H25N3O/c37-29(18-12-23-11-13-25-6-5-21-38-30(25)22-23)24-14-16-26(17-15-24)39-31-9-3-1-7-27(31)35-32(39)19-20-34-36(35)28-8-2-4-10-33(28)40-34/h1-21H,22,37H2/b23-12-,29-18-. The number of hydrogen-bond acceptors (Lipinski definition) is 3. The third kappa shape index (κ3) is 3.50. The lowest BCUT2D eigenvalue weighted by Crippen LogP contribution is -2.00. The molecule has 0 bridgehead atoms. The molecule has 40 heavy (non-hydrogen) atoms. The van der Waals surface area contributed by atoms with Crippen molar-refractivity contribution in [2.45, 2.75) is 6.42 Å². The summed E-state index contributed by atoms with van der Waals surface area (Å²) in [7, 11) is 0. The predicted octanol–water partition coefficient (Wildman–Crippen LogP) is 8.57. The third-order valence-corrected chi connectivity index (χ3v) is 7.89. The van der Waals surface area contributed by atoms with Gasteiger partial charge in [0.1, 0.15) is 11.2 Å². The molecule has 190 valence electrons. The van der Waals surface area contributed by atoms with Crippen LogP contribution in [0.3, 0.4) is 0 Å². The smallest absolute Gasteiger partial charge is 0.136 e. The van der Waals surface area contributed by atoms with E-state index in [2.05, 4.69) is 107 Å². The summed E-state index contributed by atoms with van der Waals surface area (Å²) in [6.45, 7) is 0. The molecule has 0 saturated carbocycles. The van der Waals surface area contributed by atoms with Crippen LogP contribution in [0.15, 0.2) is 131 Å². The summed E-state index contributed by atoms with van der Waals surface area (Å²) in [6, 6.07) is 33.7. The Morgan fingerprint density at radius 2 is 1.57 bits per heavy atom. The highest BCUT2D eigenvalue weighted by Crippen LogP contribution is 2.41. The van der Waals surface area contributed by atoms with Gasteiger partial charge in [-0.1, -0.05) is 72.8 Å². The molecule has 0 spiro atoms. The van der Waals surface area contributed by atoms with Crippen LogP contribution >= 0.6 is 0 Å². The molecular formula is C36H25N3O. The molecule has 0 aliphatic heterocycles. The van der Waals surface area contributed by atoms with E-state index in [0.717, 1.165) is 62.0 Å². The molecule has 0 fully saturated rings. The number of rotatable bonds is 3. The summed E-state index contributed by atoms with van der Waals surface area (Å²) in [5.41, 5.74) is 16.9. The molecule has 0 amide bonds. The lowest BCUT2D eigenvalue weighted by atomic mass is 9.98. The molecule has 4 nitrogen and oxygen atoms in total. The molecule has 0 unspecified atom stereocenters. The number of nitrogens with zero attached hydrogens (tertiary/aromatic N) is 2. The summed E-state index contributed by atoms with van der Waals surface area (Å²) in [5.74, 6) is 0. The van der Waals surface area contributed by atoms with Crippen molar-refractivity contribution in [2.75, 3.05) is 0 Å². The van der Waals surface area contributed by atoms with Gasteiger partial charge in [-0.2, -0.15) is 0 Å². The Morgan fingerprint density at radius 1 is 0.750 bits per heavy atom. The number of nitrogens with two attached hydrogens (primary N) is 1. The first-order valence-corrected chi connectivity index (χ1v) is 13.5. The van der Waals surface area contributed by atoms with Gasteiger partial charge in [-0.05, 0) is 65.2 Å².